The van der Waals surface area contributed by atoms with E-state index in [0.717, 1.165) is 19.3 Å². The van der Waals surface area contributed by atoms with Crippen LogP contribution < -0.4 is 0 Å². The van der Waals surface area contributed by atoms with Gasteiger partial charge in [0.2, 0.25) is 0 Å². The Balaban J connectivity index is 2.74. The Labute approximate surface area is 79.3 Å². The fraction of sp³-hybridized carbons (Fsp3) is 0.545. The van der Waals surface area contributed by atoms with Crippen molar-refractivity contribution in [2.45, 2.75) is 31.8 Å². The van der Waals surface area contributed by atoms with Gasteiger partial charge >= 0.3 is 5.97 Å². The lowest BCUT2D eigenvalue weighted by Crippen LogP contribution is -2.26. The summed E-state index contributed by atoms with van der Waals surface area (Å²) >= 11 is 0. The normalized spacial score (nSPS) is 25.3. The summed E-state index contributed by atoms with van der Waals surface area (Å²) in [6.07, 6.45) is 5.82. The number of ether oxygens (including phenoxy) is 1. The van der Waals surface area contributed by atoms with E-state index in [0.29, 0.717) is 0 Å². The molecule has 1 aliphatic heterocycles. The molecular formula is C11H16O2. The predicted molar refractivity (Wildman–Crippen MR) is 52.2 cm³/mol. The van der Waals surface area contributed by atoms with E-state index < -0.39 is 0 Å². The van der Waals surface area contributed by atoms with Crippen LogP contribution in [-0.2, 0) is 9.53 Å². The average Bonchev–Trinajstić information content (AvgIpc) is 2.29. The Morgan fingerprint density at radius 1 is 1.54 bits per heavy atom. The van der Waals surface area contributed by atoms with Crippen molar-refractivity contribution < 1.29 is 9.53 Å². The molecule has 0 amide bonds. The molecule has 1 aliphatic rings. The molecule has 0 unspecified atom stereocenters. The second-order valence-corrected chi connectivity index (χ2v) is 3.69. The van der Waals surface area contributed by atoms with E-state index in [1.807, 2.05) is 6.92 Å². The molecule has 0 aromatic carbocycles. The monoisotopic (exact) mass is 180 g/mol. The molecule has 1 heterocycles. The highest BCUT2D eigenvalue weighted by Crippen LogP contribution is 2.37. The second kappa shape index (κ2) is 3.77. The minimum Gasteiger partial charge on any atom is -0.458 e. The van der Waals surface area contributed by atoms with Crippen LogP contribution in [0.3, 0.4) is 0 Å². The number of hydrogen-bond donors (Lipinski definition) is 0. The van der Waals surface area contributed by atoms with Gasteiger partial charge in [0, 0.05) is 19.3 Å². The van der Waals surface area contributed by atoms with Crippen LogP contribution in [0.25, 0.3) is 0 Å². The van der Waals surface area contributed by atoms with Crippen LogP contribution in [0.5, 0.6) is 0 Å². The Morgan fingerprint density at radius 2 is 2.08 bits per heavy atom. The molecular weight excluding hydrogens is 164 g/mol. The number of rotatable bonds is 4. The maximum absolute atomic E-state index is 11.2. The van der Waals surface area contributed by atoms with Crippen molar-refractivity contribution in [2.24, 2.45) is 5.92 Å². The van der Waals surface area contributed by atoms with E-state index in [1.165, 1.54) is 0 Å². The molecule has 72 valence electrons. The number of carbonyl (C=O) groups is 1. The topological polar surface area (TPSA) is 26.3 Å². The van der Waals surface area contributed by atoms with Crippen molar-refractivity contribution in [3.63, 3.8) is 0 Å². The quantitative estimate of drug-likeness (QED) is 0.490. The molecule has 0 aromatic rings. The van der Waals surface area contributed by atoms with Crippen molar-refractivity contribution in [1.82, 2.24) is 0 Å². The summed E-state index contributed by atoms with van der Waals surface area (Å²) in [7, 11) is 0. The van der Waals surface area contributed by atoms with Gasteiger partial charge in [0.25, 0.3) is 0 Å². The summed E-state index contributed by atoms with van der Waals surface area (Å²) in [5.74, 6) is -0.0800. The summed E-state index contributed by atoms with van der Waals surface area (Å²) in [6.45, 7) is 9.25. The SMILES string of the molecule is C=CCC1(CC=C)C[C@@H](C)C(=O)O1. The molecule has 1 atom stereocenters. The standard InChI is InChI=1S/C11H16O2/c1-4-6-11(7-5-2)8-9(3)10(12)13-11/h4-5,9H,1-2,6-8H2,3H3/t9-/m1/s1. The van der Waals surface area contributed by atoms with Gasteiger partial charge in [-0.05, 0) is 0 Å². The zero-order valence-corrected chi connectivity index (χ0v) is 8.08. The Kier molecular flexibility index (Phi) is 2.91. The van der Waals surface area contributed by atoms with Crippen LogP contribution in [0.15, 0.2) is 25.3 Å². The molecule has 1 fully saturated rings. The molecule has 0 aromatic heterocycles. The molecule has 0 bridgehead atoms. The largest absolute Gasteiger partial charge is 0.458 e. The number of esters is 1. The van der Waals surface area contributed by atoms with Crippen LogP contribution in [0, 0.1) is 5.92 Å². The molecule has 2 nitrogen and oxygen atoms in total. The molecule has 0 N–H and O–H groups in total. The maximum atomic E-state index is 11.2. The maximum Gasteiger partial charge on any atom is 0.309 e. The van der Waals surface area contributed by atoms with E-state index >= 15 is 0 Å². The van der Waals surface area contributed by atoms with Gasteiger partial charge in [-0.1, -0.05) is 19.1 Å². The van der Waals surface area contributed by atoms with Crippen LogP contribution in [-0.4, -0.2) is 11.6 Å². The van der Waals surface area contributed by atoms with Gasteiger partial charge < -0.3 is 4.74 Å². The average molecular weight is 180 g/mol. The van der Waals surface area contributed by atoms with Gasteiger partial charge in [-0.3, -0.25) is 4.79 Å². The second-order valence-electron chi connectivity index (χ2n) is 3.69. The molecule has 0 aliphatic carbocycles. The summed E-state index contributed by atoms with van der Waals surface area (Å²) in [5.41, 5.74) is -0.347. The van der Waals surface area contributed by atoms with E-state index in [4.69, 9.17) is 4.74 Å². The molecule has 0 spiro atoms. The van der Waals surface area contributed by atoms with Crippen molar-refractivity contribution in [3.05, 3.63) is 25.3 Å². The van der Waals surface area contributed by atoms with Crippen LogP contribution in [0.4, 0.5) is 0 Å². The van der Waals surface area contributed by atoms with Crippen molar-refractivity contribution in [3.8, 4) is 0 Å². The third kappa shape index (κ3) is 2.00. The first-order chi connectivity index (χ1) is 6.13. The minimum absolute atomic E-state index is 0.0138. The van der Waals surface area contributed by atoms with Crippen LogP contribution in [0.2, 0.25) is 0 Å². The number of cyclic esters (lactones) is 1. The van der Waals surface area contributed by atoms with Gasteiger partial charge in [0.15, 0.2) is 0 Å². The van der Waals surface area contributed by atoms with Gasteiger partial charge in [0.1, 0.15) is 5.60 Å². The van der Waals surface area contributed by atoms with Crippen molar-refractivity contribution in [1.29, 1.82) is 0 Å². The van der Waals surface area contributed by atoms with Crippen LogP contribution in [0.1, 0.15) is 26.2 Å². The van der Waals surface area contributed by atoms with Gasteiger partial charge in [-0.2, -0.15) is 0 Å². The molecule has 1 rings (SSSR count). The van der Waals surface area contributed by atoms with Crippen LogP contribution >= 0.6 is 0 Å². The molecule has 1 saturated heterocycles. The van der Waals surface area contributed by atoms with Gasteiger partial charge in [-0.15, -0.1) is 13.2 Å². The molecule has 0 saturated carbocycles. The fourth-order valence-corrected chi connectivity index (χ4v) is 1.86. The predicted octanol–water partition coefficient (Wildman–Crippen LogP) is 2.46. The van der Waals surface area contributed by atoms with E-state index in [-0.39, 0.29) is 17.5 Å². The first-order valence-corrected chi connectivity index (χ1v) is 4.58. The third-order valence-electron chi connectivity index (χ3n) is 2.43. The fourth-order valence-electron chi connectivity index (χ4n) is 1.86. The Bertz CT molecular complexity index is 220. The summed E-state index contributed by atoms with van der Waals surface area (Å²) in [6, 6.07) is 0. The van der Waals surface area contributed by atoms with Crippen molar-refractivity contribution >= 4 is 5.97 Å². The zero-order valence-electron chi connectivity index (χ0n) is 8.08. The van der Waals surface area contributed by atoms with E-state index in [9.17, 15) is 4.79 Å². The van der Waals surface area contributed by atoms with Crippen molar-refractivity contribution in [2.75, 3.05) is 0 Å². The summed E-state index contributed by atoms with van der Waals surface area (Å²) in [4.78, 5) is 11.2. The number of hydrogen-bond acceptors (Lipinski definition) is 2. The first-order valence-electron chi connectivity index (χ1n) is 4.58. The summed E-state index contributed by atoms with van der Waals surface area (Å²) in [5, 5.41) is 0. The highest BCUT2D eigenvalue weighted by Gasteiger charge is 2.42. The lowest BCUT2D eigenvalue weighted by atomic mass is 9.89. The molecule has 13 heavy (non-hydrogen) atoms. The lowest BCUT2D eigenvalue weighted by molar-refractivity contribution is -0.149. The molecule has 0 radical (unpaired) electrons. The number of carbonyl (C=O) groups excluding carboxylic acids is 1. The first kappa shape index (κ1) is 10.0. The lowest BCUT2D eigenvalue weighted by Gasteiger charge is -2.24. The van der Waals surface area contributed by atoms with Gasteiger partial charge in [0.05, 0.1) is 5.92 Å². The Morgan fingerprint density at radius 3 is 2.38 bits per heavy atom. The highest BCUT2D eigenvalue weighted by atomic mass is 16.6. The van der Waals surface area contributed by atoms with E-state index in [2.05, 4.69) is 13.2 Å². The smallest absolute Gasteiger partial charge is 0.309 e. The zero-order chi connectivity index (χ0) is 9.90. The summed E-state index contributed by atoms with van der Waals surface area (Å²) < 4.78 is 5.36. The van der Waals surface area contributed by atoms with Gasteiger partial charge in [-0.25, -0.2) is 0 Å². The van der Waals surface area contributed by atoms with E-state index in [1.54, 1.807) is 12.2 Å². The third-order valence-corrected chi connectivity index (χ3v) is 2.43. The Hall–Kier alpha value is -1.05. The molecule has 2 heteroatoms. The highest BCUT2D eigenvalue weighted by molar-refractivity contribution is 5.75. The minimum atomic E-state index is -0.347.